The highest BCUT2D eigenvalue weighted by Gasteiger charge is 2.20. The van der Waals surface area contributed by atoms with Crippen LogP contribution in [0, 0.1) is 5.92 Å². The molecule has 144 valence electrons. The standard InChI is InChI=1S/C23H30N2O2/c26-22(16-25-12-11-20-3-1-2-4-21(20)15-25)17-27-23-9-7-19(8-10-23)14-24-13-18-5-6-18/h1-4,7-10,18,22,24,26H,5-6,11-17H2/t22-/m0/s1. The smallest absolute Gasteiger partial charge is 0.119 e. The molecule has 0 saturated heterocycles. The minimum atomic E-state index is -0.477. The lowest BCUT2D eigenvalue weighted by Crippen LogP contribution is -2.38. The normalized spacial score (nSPS) is 18.1. The van der Waals surface area contributed by atoms with Crippen LogP contribution in [-0.4, -0.2) is 42.4 Å². The maximum Gasteiger partial charge on any atom is 0.119 e. The minimum absolute atomic E-state index is 0.331. The van der Waals surface area contributed by atoms with E-state index < -0.39 is 6.10 Å². The Bertz CT molecular complexity index is 727. The number of fused-ring (bicyclic) bond motifs is 1. The summed E-state index contributed by atoms with van der Waals surface area (Å²) < 4.78 is 5.79. The number of benzene rings is 2. The van der Waals surface area contributed by atoms with Crippen molar-refractivity contribution in [1.29, 1.82) is 0 Å². The van der Waals surface area contributed by atoms with Gasteiger partial charge in [0.1, 0.15) is 18.5 Å². The second-order valence-corrected chi connectivity index (χ2v) is 7.94. The van der Waals surface area contributed by atoms with E-state index in [0.29, 0.717) is 13.2 Å². The Morgan fingerprint density at radius 3 is 2.63 bits per heavy atom. The van der Waals surface area contributed by atoms with E-state index >= 15 is 0 Å². The van der Waals surface area contributed by atoms with E-state index in [2.05, 4.69) is 46.6 Å². The fraction of sp³-hybridized carbons (Fsp3) is 0.478. The van der Waals surface area contributed by atoms with Crippen LogP contribution in [0.3, 0.4) is 0 Å². The van der Waals surface area contributed by atoms with E-state index in [1.165, 1.54) is 29.5 Å². The molecule has 2 aromatic carbocycles. The quantitative estimate of drug-likeness (QED) is 0.716. The second-order valence-electron chi connectivity index (χ2n) is 7.94. The van der Waals surface area contributed by atoms with Gasteiger partial charge in [-0.3, -0.25) is 4.90 Å². The number of hydrogen-bond donors (Lipinski definition) is 2. The first-order valence-corrected chi connectivity index (χ1v) is 10.2. The monoisotopic (exact) mass is 366 g/mol. The van der Waals surface area contributed by atoms with E-state index in [9.17, 15) is 5.11 Å². The van der Waals surface area contributed by atoms with Gasteiger partial charge in [-0.05, 0) is 60.5 Å². The van der Waals surface area contributed by atoms with Crippen LogP contribution in [0.25, 0.3) is 0 Å². The predicted octanol–water partition coefficient (Wildman–Crippen LogP) is 2.98. The summed E-state index contributed by atoms with van der Waals surface area (Å²) in [5.74, 6) is 1.73. The first kappa shape index (κ1) is 18.5. The molecule has 1 aliphatic carbocycles. The summed E-state index contributed by atoms with van der Waals surface area (Å²) in [6.45, 7) is 4.93. The molecule has 1 atom stereocenters. The van der Waals surface area contributed by atoms with Crippen molar-refractivity contribution >= 4 is 0 Å². The van der Waals surface area contributed by atoms with Gasteiger partial charge in [-0.15, -0.1) is 0 Å². The summed E-state index contributed by atoms with van der Waals surface area (Å²) >= 11 is 0. The highest BCUT2D eigenvalue weighted by Crippen LogP contribution is 2.27. The number of β-amino-alcohol motifs (C(OH)–C–C–N with tert-alkyl or cyclic N) is 1. The third-order valence-electron chi connectivity index (χ3n) is 5.50. The third kappa shape index (κ3) is 5.55. The summed E-state index contributed by atoms with van der Waals surface area (Å²) in [5.41, 5.74) is 4.09. The Morgan fingerprint density at radius 1 is 1.07 bits per heavy atom. The number of aliphatic hydroxyl groups is 1. The number of nitrogens with one attached hydrogen (secondary N) is 1. The molecule has 1 heterocycles. The molecule has 2 aliphatic rings. The minimum Gasteiger partial charge on any atom is -0.491 e. The Kier molecular flexibility index (Phi) is 6.07. The van der Waals surface area contributed by atoms with Gasteiger partial charge in [0, 0.05) is 26.2 Å². The number of nitrogens with zero attached hydrogens (tertiary/aromatic N) is 1. The average molecular weight is 367 g/mol. The fourth-order valence-electron chi connectivity index (χ4n) is 3.70. The van der Waals surface area contributed by atoms with Gasteiger partial charge in [0.15, 0.2) is 0 Å². The van der Waals surface area contributed by atoms with Crippen molar-refractivity contribution in [2.45, 2.75) is 38.5 Å². The van der Waals surface area contributed by atoms with Crippen molar-refractivity contribution in [2.75, 3.05) is 26.2 Å². The van der Waals surface area contributed by atoms with E-state index in [0.717, 1.165) is 44.3 Å². The highest BCUT2D eigenvalue weighted by molar-refractivity contribution is 5.29. The van der Waals surface area contributed by atoms with Crippen LogP contribution >= 0.6 is 0 Å². The number of ether oxygens (including phenoxy) is 1. The van der Waals surface area contributed by atoms with Crippen molar-refractivity contribution in [1.82, 2.24) is 10.2 Å². The van der Waals surface area contributed by atoms with E-state index in [1.807, 2.05) is 12.1 Å². The zero-order chi connectivity index (χ0) is 18.5. The lowest BCUT2D eigenvalue weighted by Gasteiger charge is -2.30. The molecule has 27 heavy (non-hydrogen) atoms. The lowest BCUT2D eigenvalue weighted by atomic mass is 10.00. The summed E-state index contributed by atoms with van der Waals surface area (Å²) in [6, 6.07) is 16.8. The molecule has 0 unspecified atom stereocenters. The zero-order valence-electron chi connectivity index (χ0n) is 15.9. The van der Waals surface area contributed by atoms with Gasteiger partial charge in [-0.1, -0.05) is 36.4 Å². The van der Waals surface area contributed by atoms with E-state index in [-0.39, 0.29) is 0 Å². The summed E-state index contributed by atoms with van der Waals surface area (Å²) in [7, 11) is 0. The number of aliphatic hydroxyl groups excluding tert-OH is 1. The maximum absolute atomic E-state index is 10.4. The van der Waals surface area contributed by atoms with E-state index in [1.54, 1.807) is 0 Å². The first-order valence-electron chi connectivity index (χ1n) is 10.2. The van der Waals surface area contributed by atoms with Gasteiger partial charge in [0.2, 0.25) is 0 Å². The number of rotatable bonds is 9. The topological polar surface area (TPSA) is 44.7 Å². The molecule has 1 fully saturated rings. The molecule has 1 saturated carbocycles. The number of hydrogen-bond acceptors (Lipinski definition) is 4. The van der Waals surface area contributed by atoms with Crippen LogP contribution in [0.2, 0.25) is 0 Å². The molecule has 0 aromatic heterocycles. The summed E-state index contributed by atoms with van der Waals surface area (Å²) in [4.78, 5) is 2.31. The zero-order valence-corrected chi connectivity index (χ0v) is 15.9. The van der Waals surface area contributed by atoms with Crippen LogP contribution in [0.4, 0.5) is 0 Å². The third-order valence-corrected chi connectivity index (χ3v) is 5.50. The van der Waals surface area contributed by atoms with Gasteiger partial charge >= 0.3 is 0 Å². The molecule has 0 amide bonds. The molecule has 4 rings (SSSR count). The van der Waals surface area contributed by atoms with Crippen molar-refractivity contribution in [3.63, 3.8) is 0 Å². The van der Waals surface area contributed by atoms with Gasteiger partial charge < -0.3 is 15.2 Å². The van der Waals surface area contributed by atoms with Crippen LogP contribution in [0.5, 0.6) is 5.75 Å². The van der Waals surface area contributed by atoms with Crippen LogP contribution in [0.15, 0.2) is 48.5 Å². The van der Waals surface area contributed by atoms with Crippen molar-refractivity contribution in [3.8, 4) is 5.75 Å². The Hall–Kier alpha value is -1.88. The summed E-state index contributed by atoms with van der Waals surface area (Å²) in [5, 5.41) is 13.9. The molecule has 1 aliphatic heterocycles. The Balaban J connectivity index is 1.18. The SMILES string of the molecule is O[C@H](COc1ccc(CNCC2CC2)cc1)CN1CCc2ccccc2C1. The average Bonchev–Trinajstić information content (AvgIpc) is 3.52. The van der Waals surface area contributed by atoms with Crippen molar-refractivity contribution in [2.24, 2.45) is 5.92 Å². The Labute approximate surface area is 162 Å². The first-order chi connectivity index (χ1) is 13.3. The molecular formula is C23H30N2O2. The molecule has 4 heteroatoms. The largest absolute Gasteiger partial charge is 0.491 e. The molecule has 2 N–H and O–H groups in total. The van der Waals surface area contributed by atoms with Gasteiger partial charge in [0.25, 0.3) is 0 Å². The van der Waals surface area contributed by atoms with E-state index in [4.69, 9.17) is 4.74 Å². The highest BCUT2D eigenvalue weighted by atomic mass is 16.5. The molecule has 2 aromatic rings. The fourth-order valence-corrected chi connectivity index (χ4v) is 3.70. The van der Waals surface area contributed by atoms with Crippen LogP contribution in [0.1, 0.15) is 29.5 Å². The molecule has 0 radical (unpaired) electrons. The van der Waals surface area contributed by atoms with Gasteiger partial charge in [0.05, 0.1) is 0 Å². The van der Waals surface area contributed by atoms with Crippen molar-refractivity contribution < 1.29 is 9.84 Å². The lowest BCUT2D eigenvalue weighted by molar-refractivity contribution is 0.0638. The van der Waals surface area contributed by atoms with Gasteiger partial charge in [-0.2, -0.15) is 0 Å². The Morgan fingerprint density at radius 2 is 1.85 bits per heavy atom. The van der Waals surface area contributed by atoms with Crippen molar-refractivity contribution in [3.05, 3.63) is 65.2 Å². The molecular weight excluding hydrogens is 336 g/mol. The van der Waals surface area contributed by atoms with Gasteiger partial charge in [-0.25, -0.2) is 0 Å². The second kappa shape index (κ2) is 8.87. The maximum atomic E-state index is 10.4. The molecule has 0 bridgehead atoms. The van der Waals surface area contributed by atoms with Crippen LogP contribution in [-0.2, 0) is 19.5 Å². The van der Waals surface area contributed by atoms with Crippen LogP contribution < -0.4 is 10.1 Å². The molecule has 0 spiro atoms. The molecule has 4 nitrogen and oxygen atoms in total. The predicted molar refractivity (Wildman–Crippen MR) is 108 cm³/mol. The summed E-state index contributed by atoms with van der Waals surface area (Å²) in [6.07, 6.45) is 3.34.